The predicted octanol–water partition coefficient (Wildman–Crippen LogP) is 1.59. The first kappa shape index (κ1) is 16.8. The number of nitrogens with two attached hydrogens (primary N) is 1. The van der Waals surface area contributed by atoms with Crippen LogP contribution >= 0.6 is 0 Å². The minimum atomic E-state index is -0.742. The highest BCUT2D eigenvalue weighted by Crippen LogP contribution is 2.26. The van der Waals surface area contributed by atoms with E-state index in [1.807, 2.05) is 13.8 Å². The van der Waals surface area contributed by atoms with E-state index in [0.29, 0.717) is 12.5 Å². The fourth-order valence-electron chi connectivity index (χ4n) is 1.66. The highest BCUT2D eigenvalue weighted by molar-refractivity contribution is 5.98. The molecule has 6 heteroatoms. The van der Waals surface area contributed by atoms with E-state index in [4.69, 9.17) is 10.5 Å². The summed E-state index contributed by atoms with van der Waals surface area (Å²) in [5, 5.41) is 2.77. The predicted molar refractivity (Wildman–Crippen MR) is 80.1 cm³/mol. The van der Waals surface area contributed by atoms with Gasteiger partial charge >= 0.3 is 5.97 Å². The SMILES string of the molecule is COC(=O)c1c(N)cccc1OC(C)C(=O)NCC(C)C. The molecule has 6 nitrogen and oxygen atoms in total. The third kappa shape index (κ3) is 4.66. The third-order valence-electron chi connectivity index (χ3n) is 2.81. The molecular formula is C15H22N2O4. The summed E-state index contributed by atoms with van der Waals surface area (Å²) in [4.78, 5) is 23.6. The van der Waals surface area contributed by atoms with Crippen molar-refractivity contribution in [3.05, 3.63) is 23.8 Å². The number of benzene rings is 1. The van der Waals surface area contributed by atoms with Gasteiger partial charge in [0.25, 0.3) is 5.91 Å². The molecule has 0 bridgehead atoms. The minimum absolute atomic E-state index is 0.128. The lowest BCUT2D eigenvalue weighted by molar-refractivity contribution is -0.127. The Kier molecular flexibility index (Phi) is 6.02. The molecule has 0 fully saturated rings. The molecule has 116 valence electrons. The number of methoxy groups -OCH3 is 1. The van der Waals surface area contributed by atoms with E-state index in [0.717, 1.165) is 0 Å². The summed E-state index contributed by atoms with van der Waals surface area (Å²) < 4.78 is 10.2. The third-order valence-corrected chi connectivity index (χ3v) is 2.81. The Balaban J connectivity index is 2.85. The smallest absolute Gasteiger partial charge is 0.343 e. The van der Waals surface area contributed by atoms with Crippen LogP contribution in [0.1, 0.15) is 31.1 Å². The molecule has 1 amide bonds. The molecule has 0 aliphatic rings. The average molecular weight is 294 g/mol. The second-order valence-electron chi connectivity index (χ2n) is 5.11. The molecular weight excluding hydrogens is 272 g/mol. The molecule has 1 unspecified atom stereocenters. The summed E-state index contributed by atoms with van der Waals surface area (Å²) in [6, 6.07) is 4.80. The largest absolute Gasteiger partial charge is 0.480 e. The van der Waals surface area contributed by atoms with Gasteiger partial charge in [-0.2, -0.15) is 0 Å². The molecule has 0 aromatic heterocycles. The quantitative estimate of drug-likeness (QED) is 0.614. The Morgan fingerprint density at radius 3 is 2.52 bits per heavy atom. The van der Waals surface area contributed by atoms with Crippen LogP contribution < -0.4 is 15.8 Å². The Morgan fingerprint density at radius 2 is 1.95 bits per heavy atom. The van der Waals surface area contributed by atoms with Crippen molar-refractivity contribution >= 4 is 17.6 Å². The van der Waals surface area contributed by atoms with Gasteiger partial charge in [-0.15, -0.1) is 0 Å². The van der Waals surface area contributed by atoms with Crippen LogP contribution in [0.15, 0.2) is 18.2 Å². The number of hydrogen-bond donors (Lipinski definition) is 2. The molecule has 0 saturated heterocycles. The van der Waals surface area contributed by atoms with Crippen LogP contribution in [0.4, 0.5) is 5.69 Å². The molecule has 1 aromatic carbocycles. The van der Waals surface area contributed by atoms with Crippen LogP contribution in [0.2, 0.25) is 0 Å². The molecule has 0 spiro atoms. The second-order valence-corrected chi connectivity index (χ2v) is 5.11. The van der Waals surface area contributed by atoms with Gasteiger partial charge in [-0.05, 0) is 25.0 Å². The van der Waals surface area contributed by atoms with Crippen molar-refractivity contribution in [2.45, 2.75) is 26.9 Å². The number of carbonyl (C=O) groups is 2. The zero-order valence-corrected chi connectivity index (χ0v) is 12.8. The van der Waals surface area contributed by atoms with E-state index in [2.05, 4.69) is 10.1 Å². The summed E-state index contributed by atoms with van der Waals surface area (Å²) in [5.74, 6) is -0.270. The van der Waals surface area contributed by atoms with Crippen molar-refractivity contribution < 1.29 is 19.1 Å². The van der Waals surface area contributed by atoms with Crippen LogP contribution in [-0.2, 0) is 9.53 Å². The average Bonchev–Trinajstić information content (AvgIpc) is 2.44. The number of anilines is 1. The normalized spacial score (nSPS) is 11.9. The van der Waals surface area contributed by atoms with Crippen LogP contribution in [0.25, 0.3) is 0 Å². The van der Waals surface area contributed by atoms with Gasteiger partial charge in [-0.25, -0.2) is 4.79 Å². The van der Waals surface area contributed by atoms with Crippen LogP contribution in [-0.4, -0.2) is 31.6 Å². The molecule has 0 aliphatic heterocycles. The number of nitrogens with one attached hydrogen (secondary N) is 1. The van der Waals surface area contributed by atoms with E-state index >= 15 is 0 Å². The number of amides is 1. The lowest BCUT2D eigenvalue weighted by Crippen LogP contribution is -2.38. The Bertz CT molecular complexity index is 514. The van der Waals surface area contributed by atoms with E-state index in [9.17, 15) is 9.59 Å². The molecule has 1 rings (SSSR count). The summed E-state index contributed by atoms with van der Waals surface area (Å²) in [7, 11) is 1.26. The number of nitrogen functional groups attached to an aromatic ring is 1. The van der Waals surface area contributed by atoms with Gasteiger partial charge in [0.05, 0.1) is 7.11 Å². The maximum absolute atomic E-state index is 11.9. The van der Waals surface area contributed by atoms with Crippen molar-refractivity contribution in [1.82, 2.24) is 5.32 Å². The second kappa shape index (κ2) is 7.52. The van der Waals surface area contributed by atoms with Gasteiger partial charge < -0.3 is 20.5 Å². The van der Waals surface area contributed by atoms with E-state index in [1.54, 1.807) is 25.1 Å². The van der Waals surface area contributed by atoms with Gasteiger partial charge in [-0.3, -0.25) is 4.79 Å². The lowest BCUT2D eigenvalue weighted by atomic mass is 10.1. The molecule has 0 aliphatic carbocycles. The number of hydrogen-bond acceptors (Lipinski definition) is 5. The molecule has 0 heterocycles. The first-order valence-corrected chi connectivity index (χ1v) is 6.78. The molecule has 21 heavy (non-hydrogen) atoms. The minimum Gasteiger partial charge on any atom is -0.480 e. The highest BCUT2D eigenvalue weighted by Gasteiger charge is 2.21. The van der Waals surface area contributed by atoms with Gasteiger partial charge in [0.2, 0.25) is 0 Å². The lowest BCUT2D eigenvalue weighted by Gasteiger charge is -2.18. The molecule has 1 aromatic rings. The number of carbonyl (C=O) groups excluding carboxylic acids is 2. The summed E-state index contributed by atoms with van der Waals surface area (Å²) in [6.45, 7) is 6.17. The van der Waals surface area contributed by atoms with Crippen LogP contribution in [0.5, 0.6) is 5.75 Å². The fourth-order valence-corrected chi connectivity index (χ4v) is 1.66. The number of esters is 1. The molecule has 0 saturated carbocycles. The van der Waals surface area contributed by atoms with Gasteiger partial charge in [0, 0.05) is 12.2 Å². The zero-order chi connectivity index (χ0) is 16.0. The van der Waals surface area contributed by atoms with Gasteiger partial charge in [0.1, 0.15) is 11.3 Å². The highest BCUT2D eigenvalue weighted by atomic mass is 16.5. The molecule has 3 N–H and O–H groups in total. The molecule has 0 radical (unpaired) electrons. The van der Waals surface area contributed by atoms with Gasteiger partial charge in [-0.1, -0.05) is 19.9 Å². The van der Waals surface area contributed by atoms with Crippen LogP contribution in [0, 0.1) is 5.92 Å². The standard InChI is InChI=1S/C15H22N2O4/c1-9(2)8-17-14(18)10(3)21-12-7-5-6-11(16)13(12)15(19)20-4/h5-7,9-10H,8,16H2,1-4H3,(H,17,18). The fraction of sp³-hybridized carbons (Fsp3) is 0.467. The Hall–Kier alpha value is -2.24. The molecule has 1 atom stereocenters. The first-order valence-electron chi connectivity index (χ1n) is 6.78. The van der Waals surface area contributed by atoms with E-state index in [-0.39, 0.29) is 22.9 Å². The van der Waals surface area contributed by atoms with E-state index in [1.165, 1.54) is 7.11 Å². The monoisotopic (exact) mass is 294 g/mol. The maximum atomic E-state index is 11.9. The Morgan fingerprint density at radius 1 is 1.29 bits per heavy atom. The van der Waals surface area contributed by atoms with Crippen molar-refractivity contribution in [3.63, 3.8) is 0 Å². The number of rotatable bonds is 6. The van der Waals surface area contributed by atoms with Crippen molar-refractivity contribution in [3.8, 4) is 5.75 Å². The van der Waals surface area contributed by atoms with Crippen molar-refractivity contribution in [2.24, 2.45) is 5.92 Å². The maximum Gasteiger partial charge on any atom is 0.343 e. The zero-order valence-electron chi connectivity index (χ0n) is 12.8. The number of ether oxygens (including phenoxy) is 2. The summed E-state index contributed by atoms with van der Waals surface area (Å²) in [5.41, 5.74) is 6.14. The van der Waals surface area contributed by atoms with E-state index < -0.39 is 12.1 Å². The Labute approximate surface area is 124 Å². The first-order chi connectivity index (χ1) is 9.86. The summed E-state index contributed by atoms with van der Waals surface area (Å²) in [6.07, 6.45) is -0.742. The topological polar surface area (TPSA) is 90.7 Å². The van der Waals surface area contributed by atoms with Gasteiger partial charge in [0.15, 0.2) is 6.10 Å². The van der Waals surface area contributed by atoms with Crippen molar-refractivity contribution in [1.29, 1.82) is 0 Å². The van der Waals surface area contributed by atoms with Crippen molar-refractivity contribution in [2.75, 3.05) is 19.4 Å². The van der Waals surface area contributed by atoms with Crippen LogP contribution in [0.3, 0.4) is 0 Å². The summed E-state index contributed by atoms with van der Waals surface area (Å²) >= 11 is 0.